The summed E-state index contributed by atoms with van der Waals surface area (Å²) in [7, 11) is 0. The smallest absolute Gasteiger partial charge is 0.227 e. The summed E-state index contributed by atoms with van der Waals surface area (Å²) < 4.78 is 0. The summed E-state index contributed by atoms with van der Waals surface area (Å²) in [4.78, 5) is 31.4. The van der Waals surface area contributed by atoms with Crippen LogP contribution in [0.4, 0.5) is 17.3 Å². The molecule has 4 N–H and O–H groups in total. The number of anilines is 2. The van der Waals surface area contributed by atoms with Crippen molar-refractivity contribution in [2.24, 2.45) is 16.6 Å². The van der Waals surface area contributed by atoms with Crippen LogP contribution in [0, 0.1) is 11.3 Å². The molecule has 1 aliphatic carbocycles. The summed E-state index contributed by atoms with van der Waals surface area (Å²) >= 11 is 1.44. The van der Waals surface area contributed by atoms with Gasteiger partial charge in [0.2, 0.25) is 5.91 Å². The van der Waals surface area contributed by atoms with Crippen molar-refractivity contribution in [2.45, 2.75) is 36.2 Å². The van der Waals surface area contributed by atoms with Gasteiger partial charge in [-0.25, -0.2) is 15.0 Å². The van der Waals surface area contributed by atoms with E-state index in [-0.39, 0.29) is 18.2 Å². The monoisotopic (exact) mass is 466 g/mol. The third kappa shape index (κ3) is 6.52. The fraction of sp³-hybridized carbons (Fsp3) is 0.435. The number of likely N-dealkylation sites (N-methyl/N-ethyl adjacent to an activating group) is 1. The van der Waals surface area contributed by atoms with Gasteiger partial charge in [0.15, 0.2) is 11.0 Å². The Kier molecular flexibility index (Phi) is 7.56. The number of nitrogens with one attached hydrogen (secondary N) is 2. The molecule has 174 valence electrons. The minimum Gasteiger partial charge on any atom is -0.387 e. The predicted octanol–water partition coefficient (Wildman–Crippen LogP) is 3.15. The van der Waals surface area contributed by atoms with E-state index in [0.29, 0.717) is 16.8 Å². The van der Waals surface area contributed by atoms with Gasteiger partial charge in [-0.2, -0.15) is 0 Å². The summed E-state index contributed by atoms with van der Waals surface area (Å²) in [6, 6.07) is 9.57. The van der Waals surface area contributed by atoms with Crippen molar-refractivity contribution in [1.82, 2.24) is 14.9 Å². The third-order valence-corrected chi connectivity index (χ3v) is 6.54. The lowest BCUT2D eigenvalue weighted by molar-refractivity contribution is -0.117. The zero-order chi connectivity index (χ0) is 23.2. The van der Waals surface area contributed by atoms with E-state index in [1.807, 2.05) is 30.3 Å². The highest BCUT2D eigenvalue weighted by Gasteiger charge is 2.29. The van der Waals surface area contributed by atoms with Crippen molar-refractivity contribution in [3.8, 4) is 0 Å². The first-order chi connectivity index (χ1) is 16.0. The first-order valence-electron chi connectivity index (χ1n) is 11.3. The zero-order valence-corrected chi connectivity index (χ0v) is 19.6. The molecule has 2 aliphatic rings. The molecule has 0 bridgehead atoms. The molecule has 2 fully saturated rings. The van der Waals surface area contributed by atoms with Crippen molar-refractivity contribution in [3.63, 3.8) is 0 Å². The molecule has 33 heavy (non-hydrogen) atoms. The number of amidine groups is 1. The lowest BCUT2D eigenvalue weighted by Gasteiger charge is -2.34. The van der Waals surface area contributed by atoms with Gasteiger partial charge in [0.05, 0.1) is 0 Å². The molecule has 0 atom stereocenters. The van der Waals surface area contributed by atoms with Crippen LogP contribution < -0.4 is 16.0 Å². The van der Waals surface area contributed by atoms with Crippen molar-refractivity contribution in [1.29, 1.82) is 5.41 Å². The average Bonchev–Trinajstić information content (AvgIpc) is 3.66. The van der Waals surface area contributed by atoms with E-state index in [0.717, 1.165) is 62.0 Å². The second-order valence-electron chi connectivity index (χ2n) is 8.19. The maximum absolute atomic E-state index is 12.0. The van der Waals surface area contributed by atoms with Gasteiger partial charge in [0, 0.05) is 61.4 Å². The third-order valence-electron chi connectivity index (χ3n) is 5.67. The van der Waals surface area contributed by atoms with Crippen molar-refractivity contribution in [2.75, 3.05) is 42.9 Å². The van der Waals surface area contributed by atoms with Gasteiger partial charge in [-0.1, -0.05) is 6.92 Å². The minimum absolute atomic E-state index is 0.0969. The fourth-order valence-electron chi connectivity index (χ4n) is 3.56. The van der Waals surface area contributed by atoms with Gasteiger partial charge in [-0.15, -0.1) is 0 Å². The maximum atomic E-state index is 12.0. The van der Waals surface area contributed by atoms with Gasteiger partial charge in [0.1, 0.15) is 11.7 Å². The van der Waals surface area contributed by atoms with Crippen LogP contribution in [0.3, 0.4) is 0 Å². The lowest BCUT2D eigenvalue weighted by Crippen LogP contribution is -2.46. The molecule has 0 radical (unpaired) electrons. The molecule has 2 aromatic rings. The molecule has 1 aliphatic heterocycles. The molecular weight excluding hydrogens is 436 g/mol. The van der Waals surface area contributed by atoms with Crippen LogP contribution in [-0.4, -0.2) is 65.5 Å². The quantitative estimate of drug-likeness (QED) is 0.295. The molecule has 1 aromatic heterocycles. The van der Waals surface area contributed by atoms with E-state index < -0.39 is 0 Å². The SMILES string of the molecule is CCN1CCN(c2cc(N=C(N)CC=N)nc(Sc3ccc(NC(=O)C4CC4)cc3)n2)CC1. The topological polar surface area (TPSA) is 124 Å². The Balaban J connectivity index is 1.52. The number of rotatable bonds is 9. The van der Waals surface area contributed by atoms with Crippen LogP contribution in [0.1, 0.15) is 26.2 Å². The summed E-state index contributed by atoms with van der Waals surface area (Å²) in [6.45, 7) is 6.99. The molecule has 0 spiro atoms. The normalized spacial score (nSPS) is 17.1. The number of aromatic nitrogens is 2. The lowest BCUT2D eigenvalue weighted by atomic mass is 10.3. The second kappa shape index (κ2) is 10.8. The van der Waals surface area contributed by atoms with Crippen molar-refractivity contribution in [3.05, 3.63) is 30.3 Å². The molecule has 1 saturated heterocycles. The number of carbonyl (C=O) groups excluding carboxylic acids is 1. The van der Waals surface area contributed by atoms with Gasteiger partial charge < -0.3 is 26.3 Å². The van der Waals surface area contributed by atoms with Crippen LogP contribution in [0.15, 0.2) is 45.4 Å². The molecule has 1 amide bonds. The number of benzene rings is 1. The van der Waals surface area contributed by atoms with E-state index in [2.05, 4.69) is 32.0 Å². The van der Waals surface area contributed by atoms with Crippen LogP contribution in [0.25, 0.3) is 0 Å². The highest BCUT2D eigenvalue weighted by Crippen LogP contribution is 2.32. The Bertz CT molecular complexity index is 1010. The number of amides is 1. The number of aliphatic imine (C=N–C) groups is 1. The van der Waals surface area contributed by atoms with Gasteiger partial charge in [-0.05, 0) is 55.4 Å². The average molecular weight is 467 g/mol. The Hall–Kier alpha value is -2.98. The van der Waals surface area contributed by atoms with E-state index in [1.54, 1.807) is 0 Å². The Morgan fingerprint density at radius 2 is 1.97 bits per heavy atom. The van der Waals surface area contributed by atoms with Crippen LogP contribution in [-0.2, 0) is 4.79 Å². The Morgan fingerprint density at radius 3 is 2.61 bits per heavy atom. The summed E-state index contributed by atoms with van der Waals surface area (Å²) in [5, 5.41) is 10.8. The summed E-state index contributed by atoms with van der Waals surface area (Å²) in [5.74, 6) is 1.94. The first kappa shape index (κ1) is 23.2. The van der Waals surface area contributed by atoms with E-state index in [4.69, 9.17) is 16.1 Å². The van der Waals surface area contributed by atoms with Crippen LogP contribution >= 0.6 is 11.8 Å². The largest absolute Gasteiger partial charge is 0.387 e. The molecule has 1 saturated carbocycles. The number of hydrogen-bond donors (Lipinski definition) is 3. The highest BCUT2D eigenvalue weighted by molar-refractivity contribution is 7.99. The molecule has 9 nitrogen and oxygen atoms in total. The number of hydrogen-bond acceptors (Lipinski definition) is 8. The number of nitrogens with zero attached hydrogens (tertiary/aromatic N) is 5. The van der Waals surface area contributed by atoms with Crippen molar-refractivity contribution < 1.29 is 4.79 Å². The minimum atomic E-state index is 0.0969. The molecule has 0 unspecified atom stereocenters. The molecule has 1 aromatic carbocycles. The van der Waals surface area contributed by atoms with E-state index in [9.17, 15) is 4.79 Å². The first-order valence-corrected chi connectivity index (χ1v) is 12.1. The number of carbonyl (C=O) groups is 1. The predicted molar refractivity (Wildman–Crippen MR) is 133 cm³/mol. The van der Waals surface area contributed by atoms with Gasteiger partial charge in [-0.3, -0.25) is 4.79 Å². The van der Waals surface area contributed by atoms with Gasteiger partial charge >= 0.3 is 0 Å². The van der Waals surface area contributed by atoms with E-state index >= 15 is 0 Å². The second-order valence-corrected chi connectivity index (χ2v) is 9.23. The van der Waals surface area contributed by atoms with Crippen LogP contribution in [0.5, 0.6) is 0 Å². The Labute approximate surface area is 198 Å². The highest BCUT2D eigenvalue weighted by atomic mass is 32.2. The molecular formula is C23H30N8OS. The molecule has 4 rings (SSSR count). The number of piperazine rings is 1. The Morgan fingerprint density at radius 1 is 1.24 bits per heavy atom. The zero-order valence-electron chi connectivity index (χ0n) is 18.8. The van der Waals surface area contributed by atoms with Crippen molar-refractivity contribution >= 4 is 47.0 Å². The molecule has 10 heteroatoms. The summed E-state index contributed by atoms with van der Waals surface area (Å²) in [5.41, 5.74) is 6.74. The van der Waals surface area contributed by atoms with Crippen LogP contribution in [0.2, 0.25) is 0 Å². The number of nitrogens with two attached hydrogens (primary N) is 1. The van der Waals surface area contributed by atoms with Gasteiger partial charge in [0.25, 0.3) is 0 Å². The maximum Gasteiger partial charge on any atom is 0.227 e. The standard InChI is InChI=1S/C23H30N8OS/c1-2-30-11-13-31(14-12-30)21-15-20(27-19(25)9-10-24)28-23(29-21)33-18-7-5-17(6-8-18)26-22(32)16-3-4-16/h5-8,10,15-16,24H,2-4,9,11-14H2,1H3,(H,26,32)(H2,25,27,28,29). The molecule has 2 heterocycles. The fourth-order valence-corrected chi connectivity index (χ4v) is 4.32. The van der Waals surface area contributed by atoms with E-state index in [1.165, 1.54) is 18.0 Å². The summed E-state index contributed by atoms with van der Waals surface area (Å²) in [6.07, 6.45) is 3.47.